The molecule has 1 amide bonds. The molecule has 0 bridgehead atoms. The Bertz CT molecular complexity index is 783. The predicted octanol–water partition coefficient (Wildman–Crippen LogP) is 3.07. The van der Waals surface area contributed by atoms with Crippen molar-refractivity contribution < 1.29 is 18.3 Å². The van der Waals surface area contributed by atoms with Crippen LogP contribution in [0.3, 0.4) is 0 Å². The molecule has 1 N–H and O–H groups in total. The molecule has 6 nitrogen and oxygen atoms in total. The van der Waals surface area contributed by atoms with Crippen LogP contribution >= 0.6 is 0 Å². The molecule has 1 aromatic rings. The molecule has 1 aliphatic heterocycles. The van der Waals surface area contributed by atoms with Crippen LogP contribution in [-0.4, -0.2) is 49.0 Å². The van der Waals surface area contributed by atoms with E-state index in [4.69, 9.17) is 0 Å². The van der Waals surface area contributed by atoms with E-state index in [9.17, 15) is 18.3 Å². The molecule has 2 fully saturated rings. The molecule has 3 rings (SSSR count). The number of aliphatic hydroxyl groups excluding tert-OH is 1. The summed E-state index contributed by atoms with van der Waals surface area (Å²) in [6.07, 6.45) is 8.47. The van der Waals surface area contributed by atoms with Crippen LogP contribution < -0.4 is 4.90 Å². The highest BCUT2D eigenvalue weighted by molar-refractivity contribution is 7.89. The van der Waals surface area contributed by atoms with Gasteiger partial charge in [-0.05, 0) is 37.1 Å². The van der Waals surface area contributed by atoms with Crippen molar-refractivity contribution in [2.75, 3.05) is 18.0 Å². The zero-order valence-electron chi connectivity index (χ0n) is 16.3. The Morgan fingerprint density at radius 1 is 1.07 bits per heavy atom. The quantitative estimate of drug-likeness (QED) is 0.737. The van der Waals surface area contributed by atoms with Gasteiger partial charge in [-0.1, -0.05) is 38.2 Å². The van der Waals surface area contributed by atoms with Gasteiger partial charge in [-0.3, -0.25) is 4.79 Å². The van der Waals surface area contributed by atoms with E-state index in [0.717, 1.165) is 38.5 Å². The van der Waals surface area contributed by atoms with Gasteiger partial charge in [-0.2, -0.15) is 4.31 Å². The number of sulfonamides is 1. The zero-order valence-corrected chi connectivity index (χ0v) is 17.1. The summed E-state index contributed by atoms with van der Waals surface area (Å²) in [5.41, 5.74) is 0.613. The standard InChI is InChI=1S/C21H30N2O4S/c1-2-15-23(18-8-6-4-3-5-7-9-18)28(26,27)19-12-10-17(11-13-19)22-16-14-20(24)21(22)25/h2,10-13,18,20,24H,1,3-9,14-16H2/t20-/m1/s1. The van der Waals surface area contributed by atoms with E-state index >= 15 is 0 Å². The van der Waals surface area contributed by atoms with Gasteiger partial charge in [-0.15, -0.1) is 6.58 Å². The summed E-state index contributed by atoms with van der Waals surface area (Å²) in [5.74, 6) is -0.335. The number of nitrogens with zero attached hydrogens (tertiary/aromatic N) is 2. The first kappa shape index (κ1) is 21.0. The number of anilines is 1. The largest absolute Gasteiger partial charge is 0.383 e. The molecule has 0 aromatic heterocycles. The number of amides is 1. The molecule has 0 radical (unpaired) electrons. The summed E-state index contributed by atoms with van der Waals surface area (Å²) in [6, 6.07) is 6.40. The zero-order chi connectivity index (χ0) is 20.1. The molecule has 7 heteroatoms. The fourth-order valence-electron chi connectivity index (χ4n) is 4.15. The second kappa shape index (κ2) is 9.20. The van der Waals surface area contributed by atoms with Crippen LogP contribution in [0.1, 0.15) is 51.4 Å². The Morgan fingerprint density at radius 3 is 2.21 bits per heavy atom. The van der Waals surface area contributed by atoms with Gasteiger partial charge in [0.1, 0.15) is 6.10 Å². The van der Waals surface area contributed by atoms with E-state index in [-0.39, 0.29) is 16.8 Å². The Hall–Kier alpha value is -1.70. The minimum atomic E-state index is -3.65. The van der Waals surface area contributed by atoms with Crippen molar-refractivity contribution in [2.24, 2.45) is 0 Å². The molecule has 154 valence electrons. The van der Waals surface area contributed by atoms with Crippen molar-refractivity contribution in [2.45, 2.75) is 68.4 Å². The van der Waals surface area contributed by atoms with Crippen molar-refractivity contribution >= 4 is 21.6 Å². The number of aliphatic hydroxyl groups is 1. The molecule has 2 aliphatic rings. The highest BCUT2D eigenvalue weighted by atomic mass is 32.2. The molecule has 1 saturated heterocycles. The SMILES string of the molecule is C=CCN(C1CCCCCCC1)S(=O)(=O)c1ccc(N2CC[C@@H](O)C2=O)cc1. The van der Waals surface area contributed by atoms with E-state index in [2.05, 4.69) is 6.58 Å². The Morgan fingerprint density at radius 2 is 1.68 bits per heavy atom. The predicted molar refractivity (Wildman–Crippen MR) is 110 cm³/mol. The lowest BCUT2D eigenvalue weighted by Crippen LogP contribution is -2.40. The molecule has 1 aliphatic carbocycles. The Balaban J connectivity index is 1.82. The van der Waals surface area contributed by atoms with E-state index in [1.165, 1.54) is 11.3 Å². The summed E-state index contributed by atoms with van der Waals surface area (Å²) in [4.78, 5) is 13.7. The minimum absolute atomic E-state index is 0.00159. The second-order valence-electron chi connectivity index (χ2n) is 7.65. The van der Waals surface area contributed by atoms with Crippen LogP contribution in [0.25, 0.3) is 0 Å². The molecule has 1 atom stereocenters. The Kier molecular flexibility index (Phi) is 6.91. The maximum absolute atomic E-state index is 13.3. The highest BCUT2D eigenvalue weighted by Gasteiger charge is 2.33. The van der Waals surface area contributed by atoms with Crippen LogP contribution in [0.2, 0.25) is 0 Å². The highest BCUT2D eigenvalue weighted by Crippen LogP contribution is 2.29. The van der Waals surface area contributed by atoms with Crippen LogP contribution in [-0.2, 0) is 14.8 Å². The lowest BCUT2D eigenvalue weighted by molar-refractivity contribution is -0.123. The van der Waals surface area contributed by atoms with Crippen LogP contribution in [0.4, 0.5) is 5.69 Å². The summed E-state index contributed by atoms with van der Waals surface area (Å²) in [6.45, 7) is 4.49. The maximum Gasteiger partial charge on any atom is 0.255 e. The van der Waals surface area contributed by atoms with Gasteiger partial charge in [0.25, 0.3) is 5.91 Å². The normalized spacial score (nSPS) is 22.3. The summed E-state index contributed by atoms with van der Waals surface area (Å²) in [5, 5.41) is 9.63. The van der Waals surface area contributed by atoms with Crippen molar-refractivity contribution in [3.8, 4) is 0 Å². The summed E-state index contributed by atoms with van der Waals surface area (Å²) in [7, 11) is -3.65. The topological polar surface area (TPSA) is 77.9 Å². The molecule has 0 unspecified atom stereocenters. The first-order chi connectivity index (χ1) is 13.4. The van der Waals surface area contributed by atoms with Crippen molar-refractivity contribution in [3.05, 3.63) is 36.9 Å². The molecule has 1 aromatic carbocycles. The average Bonchev–Trinajstić information content (AvgIpc) is 2.99. The number of hydrogen-bond donors (Lipinski definition) is 1. The third-order valence-corrected chi connectivity index (χ3v) is 7.66. The van der Waals surface area contributed by atoms with E-state index in [0.29, 0.717) is 25.2 Å². The van der Waals surface area contributed by atoms with Gasteiger partial charge in [0.15, 0.2) is 0 Å². The molecule has 28 heavy (non-hydrogen) atoms. The number of rotatable bonds is 6. The van der Waals surface area contributed by atoms with Gasteiger partial charge in [0.2, 0.25) is 10.0 Å². The lowest BCUT2D eigenvalue weighted by atomic mass is 9.97. The van der Waals surface area contributed by atoms with Crippen LogP contribution in [0, 0.1) is 0 Å². The smallest absolute Gasteiger partial charge is 0.255 e. The van der Waals surface area contributed by atoms with Gasteiger partial charge < -0.3 is 10.0 Å². The molecular formula is C21H30N2O4S. The third kappa shape index (κ3) is 4.47. The first-order valence-electron chi connectivity index (χ1n) is 10.2. The third-order valence-electron chi connectivity index (χ3n) is 5.72. The van der Waals surface area contributed by atoms with Crippen molar-refractivity contribution in [1.29, 1.82) is 0 Å². The lowest BCUT2D eigenvalue weighted by Gasteiger charge is -2.31. The molecule has 0 spiro atoms. The van der Waals surface area contributed by atoms with E-state index in [1.54, 1.807) is 34.6 Å². The average molecular weight is 407 g/mol. The summed E-state index contributed by atoms with van der Waals surface area (Å²) >= 11 is 0. The number of carbonyl (C=O) groups is 1. The van der Waals surface area contributed by atoms with E-state index < -0.39 is 16.1 Å². The Labute approximate surface area is 167 Å². The molecule has 1 saturated carbocycles. The van der Waals surface area contributed by atoms with Gasteiger partial charge in [0, 0.05) is 31.2 Å². The first-order valence-corrected chi connectivity index (χ1v) is 11.6. The molecular weight excluding hydrogens is 376 g/mol. The number of hydrogen-bond acceptors (Lipinski definition) is 4. The van der Waals surface area contributed by atoms with Crippen LogP contribution in [0.15, 0.2) is 41.8 Å². The van der Waals surface area contributed by atoms with E-state index in [1.807, 2.05) is 0 Å². The minimum Gasteiger partial charge on any atom is -0.383 e. The van der Waals surface area contributed by atoms with Crippen LogP contribution in [0.5, 0.6) is 0 Å². The monoisotopic (exact) mass is 406 g/mol. The van der Waals surface area contributed by atoms with Gasteiger partial charge >= 0.3 is 0 Å². The number of carbonyl (C=O) groups excluding carboxylic acids is 1. The second-order valence-corrected chi connectivity index (χ2v) is 9.54. The maximum atomic E-state index is 13.3. The number of benzene rings is 1. The van der Waals surface area contributed by atoms with Gasteiger partial charge in [-0.25, -0.2) is 8.42 Å². The van der Waals surface area contributed by atoms with Crippen molar-refractivity contribution in [1.82, 2.24) is 4.31 Å². The summed E-state index contributed by atoms with van der Waals surface area (Å²) < 4.78 is 28.2. The van der Waals surface area contributed by atoms with Crippen molar-refractivity contribution in [3.63, 3.8) is 0 Å². The molecule has 1 heterocycles. The van der Waals surface area contributed by atoms with Gasteiger partial charge in [0.05, 0.1) is 4.90 Å². The fraction of sp³-hybridized carbons (Fsp3) is 0.571. The fourth-order valence-corrected chi connectivity index (χ4v) is 5.80.